The van der Waals surface area contributed by atoms with E-state index >= 15 is 0 Å². The van der Waals surface area contributed by atoms with Crippen LogP contribution in [0.4, 0.5) is 0 Å². The molecule has 2 aromatic heterocycles. The summed E-state index contributed by atoms with van der Waals surface area (Å²) in [5.41, 5.74) is 1.77. The number of furan rings is 1. The molecule has 0 spiro atoms. The third-order valence-electron chi connectivity index (χ3n) is 3.34. The first-order valence-corrected chi connectivity index (χ1v) is 6.93. The first-order valence-electron chi connectivity index (χ1n) is 6.93. The second-order valence-electron chi connectivity index (χ2n) is 5.31. The zero-order valence-corrected chi connectivity index (χ0v) is 12.8. The average Bonchev–Trinajstić information content (AvgIpc) is 3.06. The van der Waals surface area contributed by atoms with Crippen molar-refractivity contribution >= 4 is 5.97 Å². The van der Waals surface area contributed by atoms with Gasteiger partial charge in [0.1, 0.15) is 17.5 Å². The Bertz CT molecular complexity index is 601. The van der Waals surface area contributed by atoms with E-state index in [-0.39, 0.29) is 17.9 Å². The van der Waals surface area contributed by atoms with Crippen molar-refractivity contribution in [2.24, 2.45) is 5.92 Å². The highest BCUT2D eigenvalue weighted by molar-refractivity contribution is 5.76. The fraction of sp³-hybridized carbons (Fsp3) is 0.467. The van der Waals surface area contributed by atoms with E-state index in [2.05, 4.69) is 15.5 Å². The van der Waals surface area contributed by atoms with Crippen molar-refractivity contribution in [2.45, 2.75) is 33.4 Å². The van der Waals surface area contributed by atoms with E-state index in [0.29, 0.717) is 6.54 Å². The van der Waals surface area contributed by atoms with Crippen LogP contribution in [-0.4, -0.2) is 29.3 Å². The molecule has 0 saturated carbocycles. The lowest BCUT2D eigenvalue weighted by atomic mass is 10.0. The molecule has 21 heavy (non-hydrogen) atoms. The molecule has 2 heterocycles. The number of aryl methyl sites for hydroxylation is 1. The van der Waals surface area contributed by atoms with Gasteiger partial charge in [0.2, 0.25) is 0 Å². The molecule has 0 saturated heterocycles. The Morgan fingerprint density at radius 3 is 2.81 bits per heavy atom. The summed E-state index contributed by atoms with van der Waals surface area (Å²) in [4.78, 5) is 11.7. The number of aromatic amines is 1. The molecule has 0 aliphatic rings. The summed E-state index contributed by atoms with van der Waals surface area (Å²) in [5, 5.41) is 10.2. The van der Waals surface area contributed by atoms with Crippen LogP contribution in [0.1, 0.15) is 25.2 Å². The van der Waals surface area contributed by atoms with Crippen molar-refractivity contribution in [2.75, 3.05) is 7.11 Å². The molecule has 0 fully saturated rings. The quantitative estimate of drug-likeness (QED) is 0.798. The van der Waals surface area contributed by atoms with Crippen LogP contribution in [0.15, 0.2) is 22.7 Å². The summed E-state index contributed by atoms with van der Waals surface area (Å²) in [7, 11) is 1.40. The van der Waals surface area contributed by atoms with Crippen LogP contribution in [0.5, 0.6) is 0 Å². The average molecular weight is 291 g/mol. The lowest BCUT2D eigenvalue weighted by Gasteiger charge is -2.19. The number of hydrogen-bond donors (Lipinski definition) is 2. The van der Waals surface area contributed by atoms with Gasteiger partial charge in [0.05, 0.1) is 13.3 Å². The Balaban J connectivity index is 2.10. The Morgan fingerprint density at radius 1 is 1.48 bits per heavy atom. The molecule has 0 radical (unpaired) electrons. The summed E-state index contributed by atoms with van der Waals surface area (Å²) in [5.74, 6) is 1.46. The highest BCUT2D eigenvalue weighted by Gasteiger charge is 2.23. The van der Waals surface area contributed by atoms with Gasteiger partial charge < -0.3 is 9.15 Å². The number of methoxy groups -OCH3 is 1. The zero-order chi connectivity index (χ0) is 15.4. The van der Waals surface area contributed by atoms with Crippen molar-refractivity contribution in [3.05, 3.63) is 29.7 Å². The van der Waals surface area contributed by atoms with Crippen LogP contribution < -0.4 is 5.32 Å². The predicted molar refractivity (Wildman–Crippen MR) is 78.5 cm³/mol. The smallest absolute Gasteiger partial charge is 0.323 e. The third kappa shape index (κ3) is 3.52. The van der Waals surface area contributed by atoms with Crippen molar-refractivity contribution in [1.82, 2.24) is 15.5 Å². The summed E-state index contributed by atoms with van der Waals surface area (Å²) < 4.78 is 10.4. The van der Waals surface area contributed by atoms with E-state index in [4.69, 9.17) is 9.15 Å². The first kappa shape index (κ1) is 15.3. The number of carbonyl (C=O) groups excluding carboxylic acids is 1. The number of ether oxygens (including phenoxy) is 1. The number of rotatable bonds is 6. The van der Waals surface area contributed by atoms with E-state index in [0.717, 1.165) is 22.8 Å². The molecule has 0 amide bonds. The molecule has 0 aliphatic carbocycles. The maximum Gasteiger partial charge on any atom is 0.323 e. The SMILES string of the molecule is COC(=O)[C@@H](NCc1cn[nH]c1-c1ccc(C)o1)C(C)C. The first-order chi connectivity index (χ1) is 10.0. The van der Waals surface area contributed by atoms with Gasteiger partial charge in [-0.05, 0) is 25.0 Å². The Morgan fingerprint density at radius 2 is 2.24 bits per heavy atom. The van der Waals surface area contributed by atoms with Crippen molar-refractivity contribution in [1.29, 1.82) is 0 Å². The van der Waals surface area contributed by atoms with Crippen molar-refractivity contribution in [3.8, 4) is 11.5 Å². The van der Waals surface area contributed by atoms with E-state index < -0.39 is 0 Å². The molecular formula is C15H21N3O3. The summed E-state index contributed by atoms with van der Waals surface area (Å²) in [6.07, 6.45) is 1.73. The second-order valence-corrected chi connectivity index (χ2v) is 5.31. The van der Waals surface area contributed by atoms with Crippen molar-refractivity contribution < 1.29 is 13.9 Å². The van der Waals surface area contributed by atoms with E-state index in [1.54, 1.807) is 6.20 Å². The van der Waals surface area contributed by atoms with Gasteiger partial charge in [0.15, 0.2) is 5.76 Å². The molecule has 2 rings (SSSR count). The van der Waals surface area contributed by atoms with Crippen molar-refractivity contribution in [3.63, 3.8) is 0 Å². The van der Waals surface area contributed by atoms with Gasteiger partial charge in [-0.1, -0.05) is 13.8 Å². The van der Waals surface area contributed by atoms with Crippen LogP contribution in [0, 0.1) is 12.8 Å². The van der Waals surface area contributed by atoms with Gasteiger partial charge in [0, 0.05) is 12.1 Å². The molecular weight excluding hydrogens is 270 g/mol. The standard InChI is InChI=1S/C15H21N3O3/c1-9(2)13(15(19)20-4)16-7-11-8-17-18-14(11)12-6-5-10(3)21-12/h5-6,8-9,13,16H,7H2,1-4H3,(H,17,18)/t13-/m0/s1. The zero-order valence-electron chi connectivity index (χ0n) is 12.8. The minimum atomic E-state index is -0.351. The van der Waals surface area contributed by atoms with Gasteiger partial charge in [0.25, 0.3) is 0 Å². The highest BCUT2D eigenvalue weighted by Crippen LogP contribution is 2.23. The number of esters is 1. The van der Waals surface area contributed by atoms with Gasteiger partial charge in [-0.2, -0.15) is 5.10 Å². The maximum absolute atomic E-state index is 11.7. The lowest BCUT2D eigenvalue weighted by molar-refractivity contribution is -0.144. The molecule has 2 N–H and O–H groups in total. The van der Waals surface area contributed by atoms with Crippen LogP contribution >= 0.6 is 0 Å². The molecule has 0 bridgehead atoms. The Labute approximate surface area is 123 Å². The van der Waals surface area contributed by atoms with Gasteiger partial charge in [-0.25, -0.2) is 0 Å². The fourth-order valence-corrected chi connectivity index (χ4v) is 2.17. The normalized spacial score (nSPS) is 12.6. The third-order valence-corrected chi connectivity index (χ3v) is 3.34. The number of aromatic nitrogens is 2. The molecule has 0 aromatic carbocycles. The van der Waals surface area contributed by atoms with Crippen LogP contribution in [0.3, 0.4) is 0 Å². The number of carbonyl (C=O) groups is 1. The molecule has 0 unspecified atom stereocenters. The molecule has 6 nitrogen and oxygen atoms in total. The molecule has 1 atom stereocenters. The summed E-state index contributed by atoms with van der Waals surface area (Å²) >= 11 is 0. The molecule has 2 aromatic rings. The monoisotopic (exact) mass is 291 g/mol. The number of nitrogens with one attached hydrogen (secondary N) is 2. The minimum absolute atomic E-state index is 0.138. The number of H-pyrrole nitrogens is 1. The second kappa shape index (κ2) is 6.58. The Hall–Kier alpha value is -2.08. The van der Waals surface area contributed by atoms with Gasteiger partial charge >= 0.3 is 5.97 Å². The van der Waals surface area contributed by atoms with Crippen LogP contribution in [-0.2, 0) is 16.1 Å². The van der Waals surface area contributed by atoms with E-state index in [1.807, 2.05) is 32.9 Å². The van der Waals surface area contributed by atoms with Crippen LogP contribution in [0.2, 0.25) is 0 Å². The van der Waals surface area contributed by atoms with Gasteiger partial charge in [-0.15, -0.1) is 0 Å². The number of hydrogen-bond acceptors (Lipinski definition) is 5. The summed E-state index contributed by atoms with van der Waals surface area (Å²) in [6, 6.07) is 3.45. The predicted octanol–water partition coefficient (Wildman–Crippen LogP) is 2.27. The topological polar surface area (TPSA) is 80.1 Å². The largest absolute Gasteiger partial charge is 0.468 e. The van der Waals surface area contributed by atoms with E-state index in [9.17, 15) is 4.79 Å². The maximum atomic E-state index is 11.7. The lowest BCUT2D eigenvalue weighted by Crippen LogP contribution is -2.41. The van der Waals surface area contributed by atoms with Gasteiger partial charge in [-0.3, -0.25) is 15.2 Å². The molecule has 0 aliphatic heterocycles. The highest BCUT2D eigenvalue weighted by atomic mass is 16.5. The Kier molecular flexibility index (Phi) is 4.80. The summed E-state index contributed by atoms with van der Waals surface area (Å²) in [6.45, 7) is 6.34. The fourth-order valence-electron chi connectivity index (χ4n) is 2.17. The number of nitrogens with zero attached hydrogens (tertiary/aromatic N) is 1. The van der Waals surface area contributed by atoms with Crippen LogP contribution in [0.25, 0.3) is 11.5 Å². The molecule has 114 valence electrons. The van der Waals surface area contributed by atoms with E-state index in [1.165, 1.54) is 7.11 Å². The molecule has 6 heteroatoms. The minimum Gasteiger partial charge on any atom is -0.468 e.